The van der Waals surface area contributed by atoms with Crippen molar-refractivity contribution < 1.29 is 9.50 Å². The van der Waals surface area contributed by atoms with Gasteiger partial charge in [-0.05, 0) is 56.4 Å². The van der Waals surface area contributed by atoms with E-state index in [2.05, 4.69) is 20.6 Å². The van der Waals surface area contributed by atoms with Crippen molar-refractivity contribution in [1.29, 1.82) is 0 Å². The van der Waals surface area contributed by atoms with Crippen LogP contribution >= 0.6 is 24.0 Å². The van der Waals surface area contributed by atoms with E-state index >= 15 is 0 Å². The Labute approximate surface area is 164 Å². The fourth-order valence-electron chi connectivity index (χ4n) is 2.99. The Kier molecular flexibility index (Phi) is 7.06. The second kappa shape index (κ2) is 8.84. The molecule has 1 heterocycles. The molecule has 1 aromatic heterocycles. The Morgan fingerprint density at radius 2 is 2.16 bits per heavy atom. The molecule has 2 aromatic rings. The summed E-state index contributed by atoms with van der Waals surface area (Å²) in [5.41, 5.74) is 1.35. The largest absolute Gasteiger partial charge is 0.388 e. The molecule has 138 valence electrons. The van der Waals surface area contributed by atoms with Crippen LogP contribution in [0.2, 0.25) is 0 Å². The standard InChI is InChI=1S/C18H25FN4O.HI/c1-2-20-17(23-12-18(24)7-3-8-18)21-9-6-13-11-22-16-10-14(19)4-5-15(13)16;/h4-5,10-11,22,24H,2-3,6-9,12H2,1H3,(H2,20,21,23);1H. The molecule has 0 bridgehead atoms. The monoisotopic (exact) mass is 460 g/mol. The number of aromatic nitrogens is 1. The molecule has 3 rings (SSSR count). The Morgan fingerprint density at radius 3 is 2.84 bits per heavy atom. The van der Waals surface area contributed by atoms with E-state index in [1.54, 1.807) is 0 Å². The number of benzene rings is 1. The summed E-state index contributed by atoms with van der Waals surface area (Å²) in [6, 6.07) is 4.80. The van der Waals surface area contributed by atoms with E-state index in [-0.39, 0.29) is 29.8 Å². The summed E-state index contributed by atoms with van der Waals surface area (Å²) >= 11 is 0. The SMILES string of the molecule is CCNC(=NCC1(O)CCC1)NCCc1c[nH]c2cc(F)ccc12.I. The second-order valence-electron chi connectivity index (χ2n) is 6.45. The summed E-state index contributed by atoms with van der Waals surface area (Å²) in [6.07, 6.45) is 5.48. The molecule has 7 heteroatoms. The summed E-state index contributed by atoms with van der Waals surface area (Å²) in [7, 11) is 0. The van der Waals surface area contributed by atoms with Crippen molar-refractivity contribution in [3.8, 4) is 0 Å². The number of halogens is 2. The normalized spacial score (nSPS) is 16.2. The summed E-state index contributed by atoms with van der Waals surface area (Å²) < 4.78 is 13.2. The number of hydrogen-bond donors (Lipinski definition) is 4. The molecule has 1 aliphatic rings. The number of aliphatic imine (C=N–C) groups is 1. The number of rotatable bonds is 6. The van der Waals surface area contributed by atoms with Gasteiger partial charge in [0.05, 0.1) is 12.1 Å². The lowest BCUT2D eigenvalue weighted by molar-refractivity contribution is -0.0236. The molecule has 0 radical (unpaired) electrons. The van der Waals surface area contributed by atoms with Crippen molar-refractivity contribution in [1.82, 2.24) is 15.6 Å². The highest BCUT2D eigenvalue weighted by Crippen LogP contribution is 2.31. The zero-order valence-corrected chi connectivity index (χ0v) is 16.8. The molecule has 25 heavy (non-hydrogen) atoms. The van der Waals surface area contributed by atoms with Gasteiger partial charge in [-0.25, -0.2) is 4.39 Å². The first-order valence-corrected chi connectivity index (χ1v) is 8.60. The minimum atomic E-state index is -0.608. The summed E-state index contributed by atoms with van der Waals surface area (Å²) in [5.74, 6) is 0.494. The third-order valence-electron chi connectivity index (χ3n) is 4.58. The number of aromatic amines is 1. The molecule has 5 nitrogen and oxygen atoms in total. The van der Waals surface area contributed by atoms with Gasteiger partial charge in [0, 0.05) is 30.2 Å². The third-order valence-corrected chi connectivity index (χ3v) is 4.58. The lowest BCUT2D eigenvalue weighted by atomic mass is 9.80. The zero-order chi connectivity index (χ0) is 17.0. The number of fused-ring (bicyclic) bond motifs is 1. The molecule has 0 atom stereocenters. The topological polar surface area (TPSA) is 72.4 Å². The van der Waals surface area contributed by atoms with E-state index in [1.165, 1.54) is 12.1 Å². The minimum absolute atomic E-state index is 0. The van der Waals surface area contributed by atoms with Gasteiger partial charge in [0.25, 0.3) is 0 Å². The van der Waals surface area contributed by atoms with Gasteiger partial charge >= 0.3 is 0 Å². The molecule has 4 N–H and O–H groups in total. The first kappa shape index (κ1) is 20.0. The highest BCUT2D eigenvalue weighted by Gasteiger charge is 2.34. The van der Waals surface area contributed by atoms with Crippen molar-refractivity contribution in [3.63, 3.8) is 0 Å². The van der Waals surface area contributed by atoms with E-state index < -0.39 is 5.60 Å². The highest BCUT2D eigenvalue weighted by atomic mass is 127. The summed E-state index contributed by atoms with van der Waals surface area (Å²) in [6.45, 7) is 3.95. The van der Waals surface area contributed by atoms with Crippen molar-refractivity contribution in [2.24, 2.45) is 4.99 Å². The molecule has 1 aromatic carbocycles. The van der Waals surface area contributed by atoms with Crippen molar-refractivity contribution in [3.05, 3.63) is 35.8 Å². The van der Waals surface area contributed by atoms with Crippen LogP contribution in [0.5, 0.6) is 0 Å². The number of H-pyrrole nitrogens is 1. The maximum Gasteiger partial charge on any atom is 0.191 e. The number of nitrogens with one attached hydrogen (secondary N) is 3. The van der Waals surface area contributed by atoms with Crippen LogP contribution in [0.25, 0.3) is 10.9 Å². The minimum Gasteiger partial charge on any atom is -0.388 e. The van der Waals surface area contributed by atoms with Gasteiger partial charge in [-0.3, -0.25) is 4.99 Å². The van der Waals surface area contributed by atoms with E-state index in [9.17, 15) is 9.50 Å². The maximum atomic E-state index is 13.2. The molecule has 0 amide bonds. The Bertz CT molecular complexity index is 727. The lowest BCUT2D eigenvalue weighted by Crippen LogP contribution is -2.43. The van der Waals surface area contributed by atoms with Gasteiger partial charge in [-0.1, -0.05) is 0 Å². The fourth-order valence-corrected chi connectivity index (χ4v) is 2.99. The van der Waals surface area contributed by atoms with Crippen LogP contribution in [-0.4, -0.2) is 41.3 Å². The lowest BCUT2D eigenvalue weighted by Gasteiger charge is -2.35. The van der Waals surface area contributed by atoms with E-state index in [0.717, 1.165) is 54.7 Å². The van der Waals surface area contributed by atoms with Crippen LogP contribution in [0.4, 0.5) is 4.39 Å². The van der Waals surface area contributed by atoms with Gasteiger partial charge in [0.1, 0.15) is 5.82 Å². The Morgan fingerprint density at radius 1 is 1.36 bits per heavy atom. The molecule has 0 saturated heterocycles. The van der Waals surface area contributed by atoms with Gasteiger partial charge in [0.15, 0.2) is 5.96 Å². The predicted octanol–water partition coefficient (Wildman–Crippen LogP) is 2.94. The number of aliphatic hydroxyl groups is 1. The number of guanidine groups is 1. The molecular formula is C18H26FIN4O. The third kappa shape index (κ3) is 5.07. The predicted molar refractivity (Wildman–Crippen MR) is 110 cm³/mol. The van der Waals surface area contributed by atoms with Crippen molar-refractivity contribution >= 4 is 40.8 Å². The van der Waals surface area contributed by atoms with E-state index in [0.29, 0.717) is 13.1 Å². The van der Waals surface area contributed by atoms with Crippen LogP contribution in [-0.2, 0) is 6.42 Å². The second-order valence-corrected chi connectivity index (χ2v) is 6.45. The van der Waals surface area contributed by atoms with Crippen LogP contribution < -0.4 is 10.6 Å². The number of nitrogens with zero attached hydrogens (tertiary/aromatic N) is 1. The van der Waals surface area contributed by atoms with Crippen LogP contribution in [0.15, 0.2) is 29.4 Å². The van der Waals surface area contributed by atoms with Crippen molar-refractivity contribution in [2.75, 3.05) is 19.6 Å². The Hall–Kier alpha value is -1.35. The summed E-state index contributed by atoms with van der Waals surface area (Å²) in [4.78, 5) is 7.59. The van der Waals surface area contributed by atoms with E-state index in [4.69, 9.17) is 0 Å². The number of hydrogen-bond acceptors (Lipinski definition) is 2. The van der Waals surface area contributed by atoms with Gasteiger partial charge < -0.3 is 20.7 Å². The smallest absolute Gasteiger partial charge is 0.191 e. The zero-order valence-electron chi connectivity index (χ0n) is 14.4. The van der Waals surface area contributed by atoms with Crippen molar-refractivity contribution in [2.45, 2.75) is 38.2 Å². The van der Waals surface area contributed by atoms with E-state index in [1.807, 2.05) is 19.2 Å². The fraction of sp³-hybridized carbons (Fsp3) is 0.500. The highest BCUT2D eigenvalue weighted by molar-refractivity contribution is 14.0. The molecular weight excluding hydrogens is 434 g/mol. The first-order chi connectivity index (χ1) is 11.6. The average Bonchev–Trinajstić information content (AvgIpc) is 2.93. The van der Waals surface area contributed by atoms with Crippen LogP contribution in [0, 0.1) is 5.82 Å². The molecule has 0 unspecified atom stereocenters. The molecule has 0 spiro atoms. The molecule has 1 fully saturated rings. The Balaban J connectivity index is 0.00000225. The van der Waals surface area contributed by atoms with Crippen LogP contribution in [0.3, 0.4) is 0 Å². The van der Waals surface area contributed by atoms with Gasteiger partial charge in [0.2, 0.25) is 0 Å². The van der Waals surface area contributed by atoms with Gasteiger partial charge in [-0.15, -0.1) is 24.0 Å². The molecule has 0 aliphatic heterocycles. The summed E-state index contributed by atoms with van der Waals surface area (Å²) in [5, 5.41) is 17.7. The van der Waals surface area contributed by atoms with Crippen LogP contribution in [0.1, 0.15) is 31.7 Å². The quantitative estimate of drug-likeness (QED) is 0.305. The first-order valence-electron chi connectivity index (χ1n) is 8.60. The molecule has 1 saturated carbocycles. The average molecular weight is 460 g/mol. The van der Waals surface area contributed by atoms with Gasteiger partial charge in [-0.2, -0.15) is 0 Å². The maximum absolute atomic E-state index is 13.2. The molecule has 1 aliphatic carbocycles.